The van der Waals surface area contributed by atoms with Gasteiger partial charge < -0.3 is 5.32 Å². The van der Waals surface area contributed by atoms with Gasteiger partial charge in [-0.05, 0) is 77.8 Å². The number of hydrogen-bond acceptors (Lipinski definition) is 2. The predicted molar refractivity (Wildman–Crippen MR) is 112 cm³/mol. The van der Waals surface area contributed by atoms with Gasteiger partial charge >= 0.3 is 0 Å². The molecule has 1 aliphatic carbocycles. The molecule has 2 aromatic carbocycles. The van der Waals surface area contributed by atoms with Crippen molar-refractivity contribution in [3.8, 4) is 6.07 Å². The van der Waals surface area contributed by atoms with Crippen molar-refractivity contribution in [2.45, 2.75) is 64.8 Å². The van der Waals surface area contributed by atoms with Crippen molar-refractivity contribution in [1.82, 2.24) is 0 Å². The maximum Gasteiger partial charge on any atom is 0.0656 e. The van der Waals surface area contributed by atoms with E-state index in [2.05, 4.69) is 61.6 Å². The van der Waals surface area contributed by atoms with E-state index >= 15 is 0 Å². The Morgan fingerprint density at radius 1 is 1.07 bits per heavy atom. The van der Waals surface area contributed by atoms with E-state index in [1.54, 1.807) is 0 Å². The highest BCUT2D eigenvalue weighted by Crippen LogP contribution is 2.40. The second kappa shape index (κ2) is 7.77. The number of nitrogens with zero attached hydrogens (tertiary/aromatic N) is 1. The molecule has 1 N–H and O–H groups in total. The summed E-state index contributed by atoms with van der Waals surface area (Å²) in [6.45, 7) is 5.56. The van der Waals surface area contributed by atoms with Crippen LogP contribution in [0.15, 0.2) is 36.4 Å². The van der Waals surface area contributed by atoms with E-state index in [1.165, 1.54) is 46.3 Å². The predicted octanol–water partition coefficient (Wildman–Crippen LogP) is 6.20. The van der Waals surface area contributed by atoms with Gasteiger partial charge in [0, 0.05) is 18.2 Å². The fourth-order valence-corrected chi connectivity index (χ4v) is 4.94. The summed E-state index contributed by atoms with van der Waals surface area (Å²) in [6.07, 6.45) is 6.64. The molecule has 0 amide bonds. The van der Waals surface area contributed by atoms with Crippen molar-refractivity contribution in [2.24, 2.45) is 11.8 Å². The van der Waals surface area contributed by atoms with E-state index in [1.807, 2.05) is 0 Å². The molecule has 0 radical (unpaired) electrons. The lowest BCUT2D eigenvalue weighted by molar-refractivity contribution is 0.295. The van der Waals surface area contributed by atoms with E-state index in [-0.39, 0.29) is 5.92 Å². The van der Waals surface area contributed by atoms with Crippen LogP contribution in [0.3, 0.4) is 0 Å². The first-order valence-electron chi connectivity index (χ1n) is 10.5. The molecule has 0 bridgehead atoms. The van der Waals surface area contributed by atoms with Crippen LogP contribution < -0.4 is 5.32 Å². The Bertz CT molecular complexity index is 861. The zero-order chi connectivity index (χ0) is 18.8. The number of nitriles is 1. The van der Waals surface area contributed by atoms with Crippen molar-refractivity contribution in [1.29, 1.82) is 5.26 Å². The number of benzene rings is 2. The summed E-state index contributed by atoms with van der Waals surface area (Å²) in [5.74, 6) is 1.40. The van der Waals surface area contributed by atoms with Crippen LogP contribution in [0.1, 0.15) is 73.3 Å². The van der Waals surface area contributed by atoms with Crippen LogP contribution in [0.2, 0.25) is 0 Å². The van der Waals surface area contributed by atoms with Crippen LogP contribution in [0.5, 0.6) is 0 Å². The smallest absolute Gasteiger partial charge is 0.0656 e. The summed E-state index contributed by atoms with van der Waals surface area (Å²) in [6, 6.07) is 16.5. The first-order valence-corrected chi connectivity index (χ1v) is 10.5. The summed E-state index contributed by atoms with van der Waals surface area (Å²) < 4.78 is 0. The fraction of sp³-hybridized carbons (Fsp3) is 0.480. The van der Waals surface area contributed by atoms with Gasteiger partial charge in [0.1, 0.15) is 0 Å². The minimum Gasteiger partial charge on any atom is -0.381 e. The minimum atomic E-state index is 0.220. The topological polar surface area (TPSA) is 35.8 Å². The van der Waals surface area contributed by atoms with Gasteiger partial charge in [-0.1, -0.05) is 50.6 Å². The lowest BCUT2D eigenvalue weighted by Gasteiger charge is -2.31. The highest BCUT2D eigenvalue weighted by Gasteiger charge is 2.27. The van der Waals surface area contributed by atoms with Crippen molar-refractivity contribution in [3.63, 3.8) is 0 Å². The number of rotatable bonds is 5. The largest absolute Gasteiger partial charge is 0.381 e. The monoisotopic (exact) mass is 358 g/mol. The number of nitrogens with one attached hydrogen (secondary N) is 1. The Morgan fingerprint density at radius 3 is 2.67 bits per heavy atom. The molecule has 140 valence electrons. The maximum absolute atomic E-state index is 9.44. The zero-order valence-corrected chi connectivity index (χ0v) is 16.6. The third-order valence-corrected chi connectivity index (χ3v) is 6.38. The second-order valence-electron chi connectivity index (χ2n) is 8.64. The average molecular weight is 359 g/mol. The number of hydrogen-bond donors (Lipinski definition) is 1. The van der Waals surface area contributed by atoms with Gasteiger partial charge in [0.15, 0.2) is 0 Å². The molecule has 0 aromatic heterocycles. The molecule has 1 fully saturated rings. The molecule has 3 atom stereocenters. The number of aryl methyl sites for hydroxylation is 1. The Labute approximate surface area is 163 Å². The molecule has 0 saturated heterocycles. The summed E-state index contributed by atoms with van der Waals surface area (Å²) in [4.78, 5) is 0. The van der Waals surface area contributed by atoms with Crippen LogP contribution in [0, 0.1) is 23.2 Å². The van der Waals surface area contributed by atoms with Gasteiger partial charge in [-0.3, -0.25) is 0 Å². The van der Waals surface area contributed by atoms with Gasteiger partial charge in [0.2, 0.25) is 0 Å². The molecule has 1 saturated carbocycles. The summed E-state index contributed by atoms with van der Waals surface area (Å²) in [7, 11) is 0. The molecule has 1 aliphatic heterocycles. The third-order valence-electron chi connectivity index (χ3n) is 6.38. The van der Waals surface area contributed by atoms with Crippen LogP contribution in [-0.2, 0) is 19.4 Å². The highest BCUT2D eigenvalue weighted by atomic mass is 14.9. The second-order valence-corrected chi connectivity index (χ2v) is 8.64. The van der Waals surface area contributed by atoms with Crippen molar-refractivity contribution in [2.75, 3.05) is 5.32 Å². The SMILES string of the molecule is CCCc1ccc(C2CC(C)CC(C#N)C2)cc1Cc1ccc2c(c1)CN2. The molecular formula is C25H30N2. The Hall–Kier alpha value is -2.27. The summed E-state index contributed by atoms with van der Waals surface area (Å²) >= 11 is 0. The molecule has 27 heavy (non-hydrogen) atoms. The van der Waals surface area contributed by atoms with Gasteiger partial charge in [-0.2, -0.15) is 5.26 Å². The fourth-order valence-electron chi connectivity index (χ4n) is 4.94. The molecular weight excluding hydrogens is 328 g/mol. The third kappa shape index (κ3) is 3.88. The van der Waals surface area contributed by atoms with E-state index in [9.17, 15) is 5.26 Å². The van der Waals surface area contributed by atoms with Gasteiger partial charge in [0.25, 0.3) is 0 Å². The lowest BCUT2D eigenvalue weighted by atomic mass is 9.73. The van der Waals surface area contributed by atoms with E-state index in [4.69, 9.17) is 0 Å². The Morgan fingerprint density at radius 2 is 1.96 bits per heavy atom. The van der Waals surface area contributed by atoms with Crippen molar-refractivity contribution in [3.05, 3.63) is 64.2 Å². The number of fused-ring (bicyclic) bond motifs is 1. The first-order chi connectivity index (χ1) is 13.2. The van der Waals surface area contributed by atoms with E-state index in [0.717, 1.165) is 32.2 Å². The maximum atomic E-state index is 9.44. The van der Waals surface area contributed by atoms with Crippen LogP contribution in [0.25, 0.3) is 0 Å². The quantitative estimate of drug-likeness (QED) is 0.691. The summed E-state index contributed by atoms with van der Waals surface area (Å²) in [5.41, 5.74) is 8.56. The number of anilines is 1. The van der Waals surface area contributed by atoms with E-state index < -0.39 is 0 Å². The normalized spacial score (nSPS) is 23.7. The molecule has 0 spiro atoms. The molecule has 2 aliphatic rings. The molecule has 4 rings (SSSR count). The average Bonchev–Trinajstić information content (AvgIpc) is 2.65. The van der Waals surface area contributed by atoms with Crippen LogP contribution in [-0.4, -0.2) is 0 Å². The lowest BCUT2D eigenvalue weighted by Crippen LogP contribution is -2.19. The molecule has 2 nitrogen and oxygen atoms in total. The first kappa shape index (κ1) is 18.1. The standard InChI is InChI=1S/C25H30N2/c1-3-4-20-6-7-21(22-10-17(2)9-19(13-22)15-26)14-23(20)11-18-5-8-25-24(12-18)16-27-25/h5-8,12,14,17,19,22,27H,3-4,9-11,13,16H2,1-2H3. The molecule has 2 aromatic rings. The Kier molecular flexibility index (Phi) is 5.21. The summed E-state index contributed by atoms with van der Waals surface area (Å²) in [5, 5.41) is 12.8. The molecule has 3 unspecified atom stereocenters. The van der Waals surface area contributed by atoms with Crippen molar-refractivity contribution < 1.29 is 0 Å². The zero-order valence-electron chi connectivity index (χ0n) is 16.6. The van der Waals surface area contributed by atoms with Gasteiger partial charge in [0.05, 0.1) is 6.07 Å². The minimum absolute atomic E-state index is 0.220. The molecule has 1 heterocycles. The van der Waals surface area contributed by atoms with E-state index in [0.29, 0.717) is 11.8 Å². The van der Waals surface area contributed by atoms with Crippen LogP contribution >= 0.6 is 0 Å². The van der Waals surface area contributed by atoms with Crippen LogP contribution in [0.4, 0.5) is 5.69 Å². The highest BCUT2D eigenvalue weighted by molar-refractivity contribution is 5.61. The van der Waals surface area contributed by atoms with Crippen molar-refractivity contribution >= 4 is 5.69 Å². The van der Waals surface area contributed by atoms with Gasteiger partial charge in [-0.15, -0.1) is 0 Å². The molecule has 2 heteroatoms. The Balaban J connectivity index is 1.61. The van der Waals surface area contributed by atoms with Gasteiger partial charge in [-0.25, -0.2) is 0 Å².